The standard InChI is InChI=1S/C18H30N2O/c1-18(2,3)19-14-16-8-7-11-20(15-16)12-13-21-17-9-5-4-6-10-17/h4-6,9-10,16,19H,7-8,11-15H2,1-3H3. The van der Waals surface area contributed by atoms with Crippen molar-refractivity contribution in [1.29, 1.82) is 0 Å². The summed E-state index contributed by atoms with van der Waals surface area (Å²) in [7, 11) is 0. The summed E-state index contributed by atoms with van der Waals surface area (Å²) in [6.07, 6.45) is 2.65. The first-order chi connectivity index (χ1) is 10.0. The van der Waals surface area contributed by atoms with Gasteiger partial charge >= 0.3 is 0 Å². The van der Waals surface area contributed by atoms with Crippen LogP contribution in [0.2, 0.25) is 0 Å². The van der Waals surface area contributed by atoms with Crippen molar-refractivity contribution in [3.63, 3.8) is 0 Å². The van der Waals surface area contributed by atoms with Crippen LogP contribution in [0.15, 0.2) is 30.3 Å². The smallest absolute Gasteiger partial charge is 0.119 e. The molecule has 0 bridgehead atoms. The van der Waals surface area contributed by atoms with E-state index < -0.39 is 0 Å². The molecule has 1 unspecified atom stereocenters. The van der Waals surface area contributed by atoms with Crippen LogP contribution in [0, 0.1) is 5.92 Å². The zero-order valence-corrected chi connectivity index (χ0v) is 13.8. The Morgan fingerprint density at radius 3 is 2.71 bits per heavy atom. The largest absolute Gasteiger partial charge is 0.492 e. The van der Waals surface area contributed by atoms with Gasteiger partial charge in [-0.1, -0.05) is 18.2 Å². The van der Waals surface area contributed by atoms with Gasteiger partial charge in [-0.05, 0) is 64.8 Å². The molecule has 0 spiro atoms. The van der Waals surface area contributed by atoms with E-state index in [4.69, 9.17) is 4.74 Å². The van der Waals surface area contributed by atoms with Crippen LogP contribution in [-0.4, -0.2) is 43.2 Å². The third kappa shape index (κ3) is 6.49. The van der Waals surface area contributed by atoms with Gasteiger partial charge in [0.25, 0.3) is 0 Å². The molecule has 0 amide bonds. The molecule has 0 saturated carbocycles. The minimum atomic E-state index is 0.221. The predicted octanol–water partition coefficient (Wildman–Crippen LogP) is 3.17. The van der Waals surface area contributed by atoms with Gasteiger partial charge in [-0.25, -0.2) is 0 Å². The van der Waals surface area contributed by atoms with Crippen molar-refractivity contribution < 1.29 is 4.74 Å². The van der Waals surface area contributed by atoms with Gasteiger partial charge in [0.05, 0.1) is 0 Å². The zero-order chi connectivity index (χ0) is 15.1. The summed E-state index contributed by atoms with van der Waals surface area (Å²) in [5.74, 6) is 1.75. The molecular formula is C18H30N2O. The van der Waals surface area contributed by atoms with E-state index in [0.717, 1.165) is 31.4 Å². The number of likely N-dealkylation sites (tertiary alicyclic amines) is 1. The molecule has 1 N–H and O–H groups in total. The predicted molar refractivity (Wildman–Crippen MR) is 88.9 cm³/mol. The summed E-state index contributed by atoms with van der Waals surface area (Å²) in [6, 6.07) is 10.1. The summed E-state index contributed by atoms with van der Waals surface area (Å²) >= 11 is 0. The van der Waals surface area contributed by atoms with E-state index in [9.17, 15) is 0 Å². The molecule has 2 rings (SSSR count). The molecule has 1 aliphatic heterocycles. The number of piperidine rings is 1. The van der Waals surface area contributed by atoms with Crippen LogP contribution in [0.5, 0.6) is 5.75 Å². The fourth-order valence-corrected chi connectivity index (χ4v) is 2.78. The van der Waals surface area contributed by atoms with E-state index >= 15 is 0 Å². The van der Waals surface area contributed by atoms with Crippen LogP contribution in [0.3, 0.4) is 0 Å². The van der Waals surface area contributed by atoms with E-state index in [-0.39, 0.29) is 5.54 Å². The second-order valence-electron chi connectivity index (χ2n) is 7.10. The maximum absolute atomic E-state index is 5.80. The number of rotatable bonds is 6. The van der Waals surface area contributed by atoms with Crippen LogP contribution < -0.4 is 10.1 Å². The molecule has 0 aliphatic carbocycles. The number of hydrogen-bond acceptors (Lipinski definition) is 3. The number of hydrogen-bond donors (Lipinski definition) is 1. The molecular weight excluding hydrogens is 260 g/mol. The lowest BCUT2D eigenvalue weighted by molar-refractivity contribution is 0.142. The molecule has 1 aromatic carbocycles. The quantitative estimate of drug-likeness (QED) is 0.871. The van der Waals surface area contributed by atoms with Crippen molar-refractivity contribution >= 4 is 0 Å². The van der Waals surface area contributed by atoms with Gasteiger partial charge in [-0.15, -0.1) is 0 Å². The Hall–Kier alpha value is -1.06. The van der Waals surface area contributed by atoms with Crippen molar-refractivity contribution in [2.75, 3.05) is 32.8 Å². The van der Waals surface area contributed by atoms with Gasteiger partial charge in [0.15, 0.2) is 0 Å². The van der Waals surface area contributed by atoms with Crippen LogP contribution in [0.25, 0.3) is 0 Å². The molecule has 1 fully saturated rings. The summed E-state index contributed by atoms with van der Waals surface area (Å²) in [5.41, 5.74) is 0.221. The average molecular weight is 290 g/mol. The third-order valence-electron chi connectivity index (χ3n) is 3.94. The number of nitrogens with one attached hydrogen (secondary N) is 1. The number of ether oxygens (including phenoxy) is 1. The third-order valence-corrected chi connectivity index (χ3v) is 3.94. The van der Waals surface area contributed by atoms with E-state index in [1.165, 1.54) is 25.9 Å². The van der Waals surface area contributed by atoms with Gasteiger partial charge in [-0.2, -0.15) is 0 Å². The minimum absolute atomic E-state index is 0.221. The number of nitrogens with zero attached hydrogens (tertiary/aromatic N) is 1. The second-order valence-corrected chi connectivity index (χ2v) is 7.10. The van der Waals surface area contributed by atoms with E-state index in [1.807, 2.05) is 30.3 Å². The Morgan fingerprint density at radius 1 is 1.24 bits per heavy atom. The highest BCUT2D eigenvalue weighted by Gasteiger charge is 2.21. The Morgan fingerprint density at radius 2 is 2.00 bits per heavy atom. The molecule has 3 heteroatoms. The maximum atomic E-state index is 5.80. The van der Waals surface area contributed by atoms with Gasteiger partial charge in [-0.3, -0.25) is 4.90 Å². The fourth-order valence-electron chi connectivity index (χ4n) is 2.78. The lowest BCUT2D eigenvalue weighted by Gasteiger charge is -2.34. The van der Waals surface area contributed by atoms with Gasteiger partial charge in [0.2, 0.25) is 0 Å². The Labute approximate surface area is 129 Å². The van der Waals surface area contributed by atoms with Crippen molar-refractivity contribution in [2.45, 2.75) is 39.2 Å². The Kier molecular flexibility index (Phi) is 6.07. The van der Waals surface area contributed by atoms with Gasteiger partial charge in [0, 0.05) is 18.6 Å². The average Bonchev–Trinajstić information content (AvgIpc) is 2.46. The summed E-state index contributed by atoms with van der Waals surface area (Å²) in [6.45, 7) is 12.1. The molecule has 0 aromatic heterocycles. The highest BCUT2D eigenvalue weighted by molar-refractivity contribution is 5.20. The SMILES string of the molecule is CC(C)(C)NCC1CCCN(CCOc2ccccc2)C1. The number of para-hydroxylation sites is 1. The first-order valence-electron chi connectivity index (χ1n) is 8.18. The molecule has 1 saturated heterocycles. The second kappa shape index (κ2) is 7.81. The summed E-state index contributed by atoms with van der Waals surface area (Å²) in [4.78, 5) is 2.54. The summed E-state index contributed by atoms with van der Waals surface area (Å²) < 4.78 is 5.80. The highest BCUT2D eigenvalue weighted by atomic mass is 16.5. The molecule has 0 radical (unpaired) electrons. The molecule has 1 heterocycles. The minimum Gasteiger partial charge on any atom is -0.492 e. The molecule has 118 valence electrons. The van der Waals surface area contributed by atoms with E-state index in [1.54, 1.807) is 0 Å². The van der Waals surface area contributed by atoms with Crippen molar-refractivity contribution in [2.24, 2.45) is 5.92 Å². The van der Waals surface area contributed by atoms with Gasteiger partial charge in [0.1, 0.15) is 12.4 Å². The molecule has 1 atom stereocenters. The lowest BCUT2D eigenvalue weighted by atomic mass is 9.96. The molecule has 3 nitrogen and oxygen atoms in total. The van der Waals surface area contributed by atoms with Crippen molar-refractivity contribution in [3.8, 4) is 5.75 Å². The van der Waals surface area contributed by atoms with Crippen LogP contribution >= 0.6 is 0 Å². The summed E-state index contributed by atoms with van der Waals surface area (Å²) in [5, 5.41) is 3.64. The first kappa shape index (κ1) is 16.3. The number of benzene rings is 1. The maximum Gasteiger partial charge on any atom is 0.119 e. The topological polar surface area (TPSA) is 24.5 Å². The van der Waals surface area contributed by atoms with Crippen LogP contribution in [-0.2, 0) is 0 Å². The van der Waals surface area contributed by atoms with Crippen molar-refractivity contribution in [3.05, 3.63) is 30.3 Å². The Bertz CT molecular complexity index is 399. The fraction of sp³-hybridized carbons (Fsp3) is 0.667. The van der Waals surface area contributed by atoms with Crippen LogP contribution in [0.4, 0.5) is 0 Å². The molecule has 21 heavy (non-hydrogen) atoms. The van der Waals surface area contributed by atoms with Gasteiger partial charge < -0.3 is 10.1 Å². The van der Waals surface area contributed by atoms with Crippen LogP contribution in [0.1, 0.15) is 33.6 Å². The highest BCUT2D eigenvalue weighted by Crippen LogP contribution is 2.17. The lowest BCUT2D eigenvalue weighted by Crippen LogP contribution is -2.45. The van der Waals surface area contributed by atoms with Crippen molar-refractivity contribution in [1.82, 2.24) is 10.2 Å². The normalized spacial score (nSPS) is 20.4. The van der Waals surface area contributed by atoms with E-state index in [0.29, 0.717) is 0 Å². The first-order valence-corrected chi connectivity index (χ1v) is 8.18. The Balaban J connectivity index is 1.67. The molecule has 1 aliphatic rings. The zero-order valence-electron chi connectivity index (χ0n) is 13.8. The molecule has 1 aromatic rings. The van der Waals surface area contributed by atoms with E-state index in [2.05, 4.69) is 31.0 Å². The monoisotopic (exact) mass is 290 g/mol.